The number of ether oxygens (including phenoxy) is 3. The molecule has 0 aromatic heterocycles. The molecule has 3 aromatic carbocycles. The Bertz CT molecular complexity index is 1550. The first-order valence-electron chi connectivity index (χ1n) is 12.9. The zero-order valence-corrected chi connectivity index (χ0v) is 23.7. The summed E-state index contributed by atoms with van der Waals surface area (Å²) in [5.41, 5.74) is -1.85. The second kappa shape index (κ2) is 12.1. The summed E-state index contributed by atoms with van der Waals surface area (Å²) in [5.74, 6) is -11.5. The van der Waals surface area contributed by atoms with Gasteiger partial charge < -0.3 is 14.2 Å². The molecule has 0 aliphatic heterocycles. The second-order valence-electron chi connectivity index (χ2n) is 9.80. The number of methoxy groups -OCH3 is 1. The van der Waals surface area contributed by atoms with Crippen LogP contribution in [0.25, 0.3) is 16.7 Å². The molecule has 0 saturated carbocycles. The molecule has 0 spiro atoms. The van der Waals surface area contributed by atoms with Crippen molar-refractivity contribution in [1.29, 1.82) is 0 Å². The number of allylic oxidation sites excluding steroid dienone is 4. The van der Waals surface area contributed by atoms with Gasteiger partial charge in [0.2, 0.25) is 17.4 Å². The molecule has 4 rings (SSSR count). The lowest BCUT2D eigenvalue weighted by Crippen LogP contribution is -2.31. The van der Waals surface area contributed by atoms with Crippen LogP contribution in [0.5, 0.6) is 23.0 Å². The highest BCUT2D eigenvalue weighted by molar-refractivity contribution is 7.84. The number of rotatable bonds is 9. The van der Waals surface area contributed by atoms with Gasteiger partial charge >= 0.3 is 0 Å². The number of hydrogen-bond donors (Lipinski definition) is 1. The molecular formula is C31H28F6O3S. The van der Waals surface area contributed by atoms with E-state index in [1.54, 1.807) is 39.0 Å². The molecule has 0 heterocycles. The van der Waals surface area contributed by atoms with Gasteiger partial charge in [-0.15, -0.1) is 12.6 Å². The topological polar surface area (TPSA) is 27.7 Å². The highest BCUT2D eigenvalue weighted by atomic mass is 32.1. The predicted octanol–water partition coefficient (Wildman–Crippen LogP) is 9.94. The van der Waals surface area contributed by atoms with E-state index in [-0.39, 0.29) is 5.75 Å². The molecule has 3 nitrogen and oxygen atoms in total. The minimum Gasteiger partial charge on any atom is -0.497 e. The van der Waals surface area contributed by atoms with Crippen molar-refractivity contribution in [3.05, 3.63) is 87.9 Å². The first kappa shape index (κ1) is 30.4. The highest BCUT2D eigenvalue weighted by Crippen LogP contribution is 2.42. The summed E-state index contributed by atoms with van der Waals surface area (Å²) in [7, 11) is 1.45. The summed E-state index contributed by atoms with van der Waals surface area (Å²) in [6.07, 6.45) is 5.43. The fourth-order valence-corrected chi connectivity index (χ4v) is 4.50. The van der Waals surface area contributed by atoms with Gasteiger partial charge in [-0.2, -0.15) is 8.78 Å². The van der Waals surface area contributed by atoms with Gasteiger partial charge in [0.1, 0.15) is 17.1 Å². The van der Waals surface area contributed by atoms with Crippen molar-refractivity contribution in [2.45, 2.75) is 52.1 Å². The van der Waals surface area contributed by atoms with Crippen LogP contribution in [0.3, 0.4) is 0 Å². The summed E-state index contributed by atoms with van der Waals surface area (Å²) in [6, 6.07) is 5.37. The second-order valence-corrected chi connectivity index (χ2v) is 10.4. The van der Waals surface area contributed by atoms with Gasteiger partial charge in [0, 0.05) is 16.7 Å². The van der Waals surface area contributed by atoms with E-state index in [4.69, 9.17) is 14.2 Å². The van der Waals surface area contributed by atoms with Gasteiger partial charge in [-0.25, -0.2) is 17.6 Å². The standard InChI is InChI=1S/C31H28F6O3S/c1-5-31(3,6-2)40-30-23(33)15-21(26(35)28(30)37)20-14-22(32)29(27(36)25(20)34)39-24-12-9-17(38-4)13-19(24)16-7-10-18(41)11-8-16/h7,9-10,12-15,41H,5-6,8,11H2,1-4H3. The molecule has 3 aromatic rings. The first-order valence-corrected chi connectivity index (χ1v) is 13.4. The molecule has 10 heteroatoms. The number of benzene rings is 3. The van der Waals surface area contributed by atoms with Crippen molar-refractivity contribution in [2.24, 2.45) is 0 Å². The Labute approximate surface area is 239 Å². The van der Waals surface area contributed by atoms with Crippen LogP contribution in [-0.4, -0.2) is 12.7 Å². The third kappa shape index (κ3) is 6.07. The van der Waals surface area contributed by atoms with Gasteiger partial charge in [0.15, 0.2) is 29.0 Å². The fraction of sp³-hybridized carbons (Fsp3) is 0.290. The summed E-state index contributed by atoms with van der Waals surface area (Å²) in [6.45, 7) is 5.04. The van der Waals surface area contributed by atoms with E-state index in [0.29, 0.717) is 49.1 Å². The largest absolute Gasteiger partial charge is 0.497 e. The minimum absolute atomic E-state index is 0.00215. The number of thiol groups is 1. The molecule has 1 aliphatic carbocycles. The molecule has 218 valence electrons. The van der Waals surface area contributed by atoms with E-state index in [1.807, 2.05) is 0 Å². The molecule has 0 radical (unpaired) electrons. The number of halogens is 6. The van der Waals surface area contributed by atoms with E-state index in [2.05, 4.69) is 12.6 Å². The normalized spacial score (nSPS) is 13.5. The zero-order valence-electron chi connectivity index (χ0n) is 22.8. The van der Waals surface area contributed by atoms with E-state index >= 15 is 17.6 Å². The third-order valence-corrected chi connectivity index (χ3v) is 7.61. The third-order valence-electron chi connectivity index (χ3n) is 7.24. The highest BCUT2D eigenvalue weighted by Gasteiger charge is 2.31. The summed E-state index contributed by atoms with van der Waals surface area (Å²) in [5, 5.41) is 0. The Morgan fingerprint density at radius 1 is 0.756 bits per heavy atom. The van der Waals surface area contributed by atoms with Crippen LogP contribution in [-0.2, 0) is 0 Å². The van der Waals surface area contributed by atoms with Gasteiger partial charge in [0.05, 0.1) is 7.11 Å². The van der Waals surface area contributed by atoms with Crippen LogP contribution < -0.4 is 14.2 Å². The van der Waals surface area contributed by atoms with E-state index in [9.17, 15) is 8.78 Å². The average molecular weight is 595 g/mol. The lowest BCUT2D eigenvalue weighted by molar-refractivity contribution is 0.0692. The van der Waals surface area contributed by atoms with Crippen molar-refractivity contribution < 1.29 is 40.6 Å². The smallest absolute Gasteiger partial charge is 0.204 e. The molecular weight excluding hydrogens is 566 g/mol. The Morgan fingerprint density at radius 2 is 1.34 bits per heavy atom. The van der Waals surface area contributed by atoms with E-state index < -0.39 is 63.1 Å². The van der Waals surface area contributed by atoms with Gasteiger partial charge in [-0.05, 0) is 73.4 Å². The quantitative estimate of drug-likeness (QED) is 0.152. The van der Waals surface area contributed by atoms with E-state index in [1.165, 1.54) is 19.2 Å². The maximum atomic E-state index is 15.3. The molecule has 0 amide bonds. The minimum atomic E-state index is -1.80. The van der Waals surface area contributed by atoms with Gasteiger partial charge in [0.25, 0.3) is 0 Å². The Balaban J connectivity index is 1.77. The van der Waals surface area contributed by atoms with Crippen LogP contribution in [0.4, 0.5) is 26.3 Å². The van der Waals surface area contributed by atoms with Crippen LogP contribution in [0, 0.1) is 34.9 Å². The summed E-state index contributed by atoms with van der Waals surface area (Å²) in [4.78, 5) is 0.846. The van der Waals surface area contributed by atoms with Crippen molar-refractivity contribution in [3.8, 4) is 34.1 Å². The Morgan fingerprint density at radius 3 is 1.88 bits per heavy atom. The molecule has 1 aliphatic rings. The van der Waals surface area contributed by atoms with Crippen LogP contribution in [0.1, 0.15) is 52.0 Å². The van der Waals surface area contributed by atoms with E-state index in [0.717, 1.165) is 10.5 Å². The van der Waals surface area contributed by atoms with Crippen molar-refractivity contribution in [2.75, 3.05) is 7.11 Å². The lowest BCUT2D eigenvalue weighted by atomic mass is 9.96. The van der Waals surface area contributed by atoms with Crippen LogP contribution in [0.15, 0.2) is 47.4 Å². The van der Waals surface area contributed by atoms with Gasteiger partial charge in [-0.1, -0.05) is 26.0 Å². The SMILES string of the molecule is CCC(C)(CC)Oc1c(F)cc(-c2cc(F)c(Oc3ccc(OC)cc3C3=CC=C(S)CC3)c(F)c2F)c(F)c1F. The van der Waals surface area contributed by atoms with Crippen molar-refractivity contribution in [1.82, 2.24) is 0 Å². The van der Waals surface area contributed by atoms with Gasteiger partial charge in [-0.3, -0.25) is 0 Å². The fourth-order valence-electron chi connectivity index (χ4n) is 4.31. The molecule has 0 fully saturated rings. The molecule has 0 saturated heterocycles. The summed E-state index contributed by atoms with van der Waals surface area (Å²) < 4.78 is 107. The molecule has 0 unspecified atom stereocenters. The number of hydrogen-bond acceptors (Lipinski definition) is 4. The van der Waals surface area contributed by atoms with Crippen molar-refractivity contribution >= 4 is 18.2 Å². The Kier molecular flexibility index (Phi) is 9.01. The maximum Gasteiger partial charge on any atom is 0.204 e. The van der Waals surface area contributed by atoms with Crippen LogP contribution in [0.2, 0.25) is 0 Å². The predicted molar refractivity (Wildman–Crippen MR) is 149 cm³/mol. The monoisotopic (exact) mass is 594 g/mol. The zero-order chi connectivity index (χ0) is 30.1. The van der Waals surface area contributed by atoms with Crippen molar-refractivity contribution in [3.63, 3.8) is 0 Å². The molecule has 41 heavy (non-hydrogen) atoms. The average Bonchev–Trinajstić information content (AvgIpc) is 2.97. The molecule has 0 N–H and O–H groups in total. The first-order chi connectivity index (χ1) is 19.4. The molecule has 0 bridgehead atoms. The summed E-state index contributed by atoms with van der Waals surface area (Å²) >= 11 is 4.33. The van der Waals surface area contributed by atoms with Crippen LogP contribution >= 0.6 is 12.6 Å². The Hall–Kier alpha value is -3.53. The lowest BCUT2D eigenvalue weighted by Gasteiger charge is -2.29. The maximum absolute atomic E-state index is 15.3. The molecule has 0 atom stereocenters.